The van der Waals surface area contributed by atoms with Gasteiger partial charge in [0, 0.05) is 11.3 Å². The Kier molecular flexibility index (Phi) is 1.66. The monoisotopic (exact) mass is 192 g/mol. The third-order valence-electron chi connectivity index (χ3n) is 3.60. The third-order valence-corrected chi connectivity index (χ3v) is 4.12. The summed E-state index contributed by atoms with van der Waals surface area (Å²) in [4.78, 5) is 0. The molecular formula is C12H13Cl. The van der Waals surface area contributed by atoms with Gasteiger partial charge in [0.05, 0.1) is 0 Å². The van der Waals surface area contributed by atoms with Gasteiger partial charge in [0.1, 0.15) is 0 Å². The zero-order valence-electron chi connectivity index (χ0n) is 7.54. The van der Waals surface area contributed by atoms with Gasteiger partial charge in [0.25, 0.3) is 0 Å². The van der Waals surface area contributed by atoms with Crippen molar-refractivity contribution < 1.29 is 0 Å². The van der Waals surface area contributed by atoms with Crippen molar-refractivity contribution in [3.8, 4) is 0 Å². The van der Waals surface area contributed by atoms with Gasteiger partial charge >= 0.3 is 0 Å². The van der Waals surface area contributed by atoms with Gasteiger partial charge in [0.15, 0.2) is 0 Å². The SMILES string of the molecule is Cl[C@H]1CC[C@H]2C[C@H]1c1ccccc12. The van der Waals surface area contributed by atoms with Crippen LogP contribution >= 0.6 is 11.6 Å². The first-order chi connectivity index (χ1) is 6.36. The molecule has 68 valence electrons. The Balaban J connectivity index is 2.13. The van der Waals surface area contributed by atoms with E-state index in [1.165, 1.54) is 24.8 Å². The third kappa shape index (κ3) is 1.05. The van der Waals surface area contributed by atoms with Crippen molar-refractivity contribution in [1.29, 1.82) is 0 Å². The second-order valence-electron chi connectivity index (χ2n) is 4.26. The molecule has 1 heteroatoms. The van der Waals surface area contributed by atoms with Crippen molar-refractivity contribution in [1.82, 2.24) is 0 Å². The fraction of sp³-hybridized carbons (Fsp3) is 0.500. The van der Waals surface area contributed by atoms with Gasteiger partial charge in [-0.05, 0) is 36.3 Å². The van der Waals surface area contributed by atoms with Gasteiger partial charge in [-0.15, -0.1) is 11.6 Å². The smallest absolute Gasteiger partial charge is 0.0405 e. The molecule has 0 unspecified atom stereocenters. The minimum absolute atomic E-state index is 0.389. The van der Waals surface area contributed by atoms with Crippen LogP contribution in [0.25, 0.3) is 0 Å². The van der Waals surface area contributed by atoms with Gasteiger partial charge < -0.3 is 0 Å². The Morgan fingerprint density at radius 3 is 2.69 bits per heavy atom. The van der Waals surface area contributed by atoms with Crippen LogP contribution in [-0.4, -0.2) is 5.38 Å². The standard InChI is InChI=1S/C12H13Cl/c13-12-6-5-8-7-11(12)10-4-2-1-3-9(8)10/h1-4,8,11-12H,5-7H2/t8-,11-,12-/m0/s1. The van der Waals surface area contributed by atoms with Gasteiger partial charge in [-0.2, -0.15) is 0 Å². The van der Waals surface area contributed by atoms with E-state index < -0.39 is 0 Å². The van der Waals surface area contributed by atoms with Crippen LogP contribution in [0, 0.1) is 0 Å². The molecule has 13 heavy (non-hydrogen) atoms. The zero-order valence-corrected chi connectivity index (χ0v) is 8.30. The Morgan fingerprint density at radius 1 is 1.08 bits per heavy atom. The lowest BCUT2D eigenvalue weighted by molar-refractivity contribution is 0.442. The van der Waals surface area contributed by atoms with Crippen molar-refractivity contribution in [3.63, 3.8) is 0 Å². The molecule has 0 saturated heterocycles. The van der Waals surface area contributed by atoms with Gasteiger partial charge in [0.2, 0.25) is 0 Å². The Hall–Kier alpha value is -0.490. The molecule has 0 amide bonds. The Bertz CT molecular complexity index is 332. The maximum absolute atomic E-state index is 6.34. The van der Waals surface area contributed by atoms with Crippen LogP contribution in [0.5, 0.6) is 0 Å². The number of alkyl halides is 1. The predicted octanol–water partition coefficient (Wildman–Crippen LogP) is 3.66. The summed E-state index contributed by atoms with van der Waals surface area (Å²) in [5, 5.41) is 0.389. The average Bonchev–Trinajstić information content (AvgIpc) is 2.48. The summed E-state index contributed by atoms with van der Waals surface area (Å²) in [6.45, 7) is 0. The van der Waals surface area contributed by atoms with E-state index in [4.69, 9.17) is 11.6 Å². The van der Waals surface area contributed by atoms with E-state index >= 15 is 0 Å². The lowest BCUT2D eigenvalue weighted by Gasteiger charge is -2.23. The van der Waals surface area contributed by atoms with E-state index in [1.807, 2.05) is 0 Å². The molecule has 0 heterocycles. The number of halogens is 1. The van der Waals surface area contributed by atoms with Gasteiger partial charge in [-0.25, -0.2) is 0 Å². The van der Waals surface area contributed by atoms with Crippen LogP contribution in [0.2, 0.25) is 0 Å². The fourth-order valence-corrected chi connectivity index (χ4v) is 3.32. The highest BCUT2D eigenvalue weighted by molar-refractivity contribution is 6.21. The predicted molar refractivity (Wildman–Crippen MR) is 55.4 cm³/mol. The molecule has 0 nitrogen and oxygen atoms in total. The van der Waals surface area contributed by atoms with Crippen molar-refractivity contribution >= 4 is 11.6 Å². The maximum atomic E-state index is 6.34. The molecule has 3 rings (SSSR count). The number of hydrogen-bond acceptors (Lipinski definition) is 0. The van der Waals surface area contributed by atoms with Crippen LogP contribution in [0.15, 0.2) is 24.3 Å². The van der Waals surface area contributed by atoms with Gasteiger partial charge in [-0.1, -0.05) is 24.3 Å². The molecule has 0 radical (unpaired) electrons. The topological polar surface area (TPSA) is 0 Å². The minimum atomic E-state index is 0.389. The minimum Gasteiger partial charge on any atom is -0.122 e. The summed E-state index contributed by atoms with van der Waals surface area (Å²) in [5.41, 5.74) is 3.11. The van der Waals surface area contributed by atoms with Gasteiger partial charge in [-0.3, -0.25) is 0 Å². The van der Waals surface area contributed by atoms with Crippen molar-refractivity contribution in [2.75, 3.05) is 0 Å². The molecule has 0 spiro atoms. The molecule has 1 aromatic carbocycles. The molecule has 0 N–H and O–H groups in total. The van der Waals surface area contributed by atoms with E-state index in [2.05, 4.69) is 24.3 Å². The van der Waals surface area contributed by atoms with Crippen LogP contribution in [-0.2, 0) is 0 Å². The Morgan fingerprint density at radius 2 is 1.85 bits per heavy atom. The molecule has 0 aliphatic heterocycles. The molecule has 2 aliphatic carbocycles. The van der Waals surface area contributed by atoms with Crippen molar-refractivity contribution in [2.24, 2.45) is 0 Å². The lowest BCUT2D eigenvalue weighted by atomic mass is 9.86. The summed E-state index contributed by atoms with van der Waals surface area (Å²) in [7, 11) is 0. The maximum Gasteiger partial charge on any atom is 0.0405 e. The second kappa shape index (κ2) is 2.75. The lowest BCUT2D eigenvalue weighted by Crippen LogP contribution is -2.15. The zero-order chi connectivity index (χ0) is 8.84. The van der Waals surface area contributed by atoms with E-state index in [1.54, 1.807) is 5.56 Å². The van der Waals surface area contributed by atoms with Crippen LogP contribution in [0.4, 0.5) is 0 Å². The Labute approximate surface area is 83.9 Å². The molecule has 1 aromatic rings. The molecule has 1 saturated carbocycles. The molecule has 2 aliphatic rings. The number of rotatable bonds is 0. The van der Waals surface area contributed by atoms with E-state index in [-0.39, 0.29) is 0 Å². The summed E-state index contributed by atoms with van der Waals surface area (Å²) >= 11 is 6.34. The number of fused-ring (bicyclic) bond motifs is 5. The molecule has 3 atom stereocenters. The first-order valence-electron chi connectivity index (χ1n) is 5.09. The summed E-state index contributed by atoms with van der Waals surface area (Å²) < 4.78 is 0. The highest BCUT2D eigenvalue weighted by atomic mass is 35.5. The quantitative estimate of drug-likeness (QED) is 0.551. The van der Waals surface area contributed by atoms with E-state index in [0.29, 0.717) is 11.3 Å². The fourth-order valence-electron chi connectivity index (χ4n) is 2.96. The molecule has 1 fully saturated rings. The normalized spacial score (nSPS) is 35.9. The summed E-state index contributed by atoms with van der Waals surface area (Å²) in [6.07, 6.45) is 3.79. The van der Waals surface area contributed by atoms with Crippen LogP contribution < -0.4 is 0 Å². The average molecular weight is 193 g/mol. The van der Waals surface area contributed by atoms with Crippen LogP contribution in [0.1, 0.15) is 42.2 Å². The highest BCUT2D eigenvalue weighted by Gasteiger charge is 2.38. The number of hydrogen-bond donors (Lipinski definition) is 0. The van der Waals surface area contributed by atoms with Crippen molar-refractivity contribution in [3.05, 3.63) is 35.4 Å². The molecular weight excluding hydrogens is 180 g/mol. The first-order valence-corrected chi connectivity index (χ1v) is 5.53. The summed E-state index contributed by atoms with van der Waals surface area (Å²) in [5.74, 6) is 1.47. The largest absolute Gasteiger partial charge is 0.122 e. The van der Waals surface area contributed by atoms with Crippen molar-refractivity contribution in [2.45, 2.75) is 36.5 Å². The van der Waals surface area contributed by atoms with E-state index in [9.17, 15) is 0 Å². The molecule has 2 bridgehead atoms. The first kappa shape index (κ1) is 7.87. The second-order valence-corrected chi connectivity index (χ2v) is 4.82. The number of benzene rings is 1. The van der Waals surface area contributed by atoms with E-state index in [0.717, 1.165) is 5.92 Å². The van der Waals surface area contributed by atoms with Crippen LogP contribution in [0.3, 0.4) is 0 Å². The highest BCUT2D eigenvalue weighted by Crippen LogP contribution is 2.51. The molecule has 0 aromatic heterocycles. The summed E-state index contributed by atoms with van der Waals surface area (Å²) in [6, 6.07) is 8.85.